The van der Waals surface area contributed by atoms with Crippen LogP contribution in [0.4, 0.5) is 11.4 Å². The number of rotatable bonds is 6. The Morgan fingerprint density at radius 2 is 1.62 bits per heavy atom. The molecular weight excluding hydrogens is 411 g/mol. The maximum absolute atomic E-state index is 12.4. The summed E-state index contributed by atoms with van der Waals surface area (Å²) in [4.78, 5) is 24.4. The van der Waals surface area contributed by atoms with E-state index in [1.165, 1.54) is 0 Å². The molecule has 0 spiro atoms. The van der Waals surface area contributed by atoms with E-state index in [0.717, 1.165) is 11.3 Å². The summed E-state index contributed by atoms with van der Waals surface area (Å²) in [5.74, 6) is -0.0882. The van der Waals surface area contributed by atoms with Crippen molar-refractivity contribution in [1.82, 2.24) is 0 Å². The fourth-order valence-corrected chi connectivity index (χ4v) is 2.83. The Morgan fingerprint density at radius 3 is 2.31 bits per heavy atom. The highest BCUT2D eigenvalue weighted by atomic mass is 35.5. The van der Waals surface area contributed by atoms with Crippen LogP contribution in [0.15, 0.2) is 66.7 Å². The Kier molecular flexibility index (Phi) is 6.75. The van der Waals surface area contributed by atoms with E-state index < -0.39 is 0 Å². The van der Waals surface area contributed by atoms with Crippen molar-refractivity contribution in [2.24, 2.45) is 0 Å². The summed E-state index contributed by atoms with van der Waals surface area (Å²) in [6.45, 7) is 1.74. The molecule has 0 atom stereocenters. The molecule has 0 saturated carbocycles. The van der Waals surface area contributed by atoms with Gasteiger partial charge in [0.15, 0.2) is 6.61 Å². The highest BCUT2D eigenvalue weighted by molar-refractivity contribution is 6.42. The molecule has 0 aliphatic heterocycles. The van der Waals surface area contributed by atoms with E-state index in [4.69, 9.17) is 27.9 Å². The standard InChI is InChI=1S/C22H18Cl2N2O3/c1-14-4-2-3-5-20(14)26-22(28)15-6-9-17(10-7-15)29-13-21(27)25-16-8-11-18(23)19(24)12-16/h2-12H,13H2,1H3,(H,25,27)(H,26,28). The lowest BCUT2D eigenvalue weighted by Gasteiger charge is -2.10. The SMILES string of the molecule is Cc1ccccc1NC(=O)c1ccc(OCC(=O)Nc2ccc(Cl)c(Cl)c2)cc1. The van der Waals surface area contributed by atoms with Gasteiger partial charge in [0, 0.05) is 16.9 Å². The molecule has 0 saturated heterocycles. The number of para-hydroxylation sites is 1. The van der Waals surface area contributed by atoms with E-state index in [1.807, 2.05) is 31.2 Å². The number of hydrogen-bond acceptors (Lipinski definition) is 3. The van der Waals surface area contributed by atoms with Gasteiger partial charge in [-0.1, -0.05) is 41.4 Å². The van der Waals surface area contributed by atoms with Gasteiger partial charge in [-0.15, -0.1) is 0 Å². The van der Waals surface area contributed by atoms with Crippen molar-refractivity contribution in [2.45, 2.75) is 6.92 Å². The molecule has 0 fully saturated rings. The van der Waals surface area contributed by atoms with E-state index in [-0.39, 0.29) is 18.4 Å². The monoisotopic (exact) mass is 428 g/mol. The molecule has 2 N–H and O–H groups in total. The molecule has 3 aromatic carbocycles. The van der Waals surface area contributed by atoms with E-state index in [0.29, 0.717) is 27.0 Å². The van der Waals surface area contributed by atoms with Crippen LogP contribution >= 0.6 is 23.2 Å². The van der Waals surface area contributed by atoms with Crippen molar-refractivity contribution < 1.29 is 14.3 Å². The molecule has 7 heteroatoms. The highest BCUT2D eigenvalue weighted by Crippen LogP contribution is 2.25. The first-order valence-electron chi connectivity index (χ1n) is 8.77. The van der Waals surface area contributed by atoms with E-state index in [1.54, 1.807) is 42.5 Å². The Morgan fingerprint density at radius 1 is 0.897 bits per heavy atom. The van der Waals surface area contributed by atoms with Gasteiger partial charge in [0.1, 0.15) is 5.75 Å². The van der Waals surface area contributed by atoms with Crippen LogP contribution in [-0.4, -0.2) is 18.4 Å². The van der Waals surface area contributed by atoms with Crippen LogP contribution in [0.25, 0.3) is 0 Å². The molecule has 148 valence electrons. The first kappa shape index (κ1) is 20.7. The summed E-state index contributed by atoms with van der Waals surface area (Å²) >= 11 is 11.8. The van der Waals surface area contributed by atoms with Gasteiger partial charge in [0.25, 0.3) is 11.8 Å². The molecular formula is C22H18Cl2N2O3. The second kappa shape index (κ2) is 9.45. The van der Waals surface area contributed by atoms with Gasteiger partial charge in [0.2, 0.25) is 0 Å². The van der Waals surface area contributed by atoms with Crippen molar-refractivity contribution in [1.29, 1.82) is 0 Å². The normalized spacial score (nSPS) is 10.3. The number of ether oxygens (including phenoxy) is 1. The average molecular weight is 429 g/mol. The van der Waals surface area contributed by atoms with Gasteiger partial charge in [-0.25, -0.2) is 0 Å². The van der Waals surface area contributed by atoms with Crippen molar-refractivity contribution in [3.63, 3.8) is 0 Å². The number of amides is 2. The third kappa shape index (κ3) is 5.73. The van der Waals surface area contributed by atoms with Gasteiger partial charge < -0.3 is 15.4 Å². The molecule has 0 aromatic heterocycles. The summed E-state index contributed by atoms with van der Waals surface area (Å²) in [5.41, 5.74) is 2.75. The molecule has 0 aliphatic rings. The molecule has 0 heterocycles. The number of benzene rings is 3. The number of aryl methyl sites for hydroxylation is 1. The van der Waals surface area contributed by atoms with Crippen molar-refractivity contribution in [3.05, 3.63) is 87.9 Å². The van der Waals surface area contributed by atoms with Gasteiger partial charge in [-0.2, -0.15) is 0 Å². The zero-order chi connectivity index (χ0) is 20.8. The number of carbonyl (C=O) groups excluding carboxylic acids is 2. The zero-order valence-corrected chi connectivity index (χ0v) is 17.1. The van der Waals surface area contributed by atoms with Crippen LogP contribution in [0, 0.1) is 6.92 Å². The summed E-state index contributed by atoms with van der Waals surface area (Å²) in [6, 6.07) is 18.9. The minimum Gasteiger partial charge on any atom is -0.484 e. The van der Waals surface area contributed by atoms with Crippen LogP contribution < -0.4 is 15.4 Å². The molecule has 2 amide bonds. The first-order valence-corrected chi connectivity index (χ1v) is 9.53. The quantitative estimate of drug-likeness (QED) is 0.538. The van der Waals surface area contributed by atoms with Gasteiger partial charge >= 0.3 is 0 Å². The zero-order valence-electron chi connectivity index (χ0n) is 15.5. The predicted molar refractivity (Wildman–Crippen MR) is 116 cm³/mol. The van der Waals surface area contributed by atoms with Crippen LogP contribution in [0.5, 0.6) is 5.75 Å². The Hall–Kier alpha value is -3.02. The number of hydrogen-bond donors (Lipinski definition) is 2. The summed E-state index contributed by atoms with van der Waals surface area (Å²) in [5, 5.41) is 6.30. The Bertz CT molecular complexity index is 1040. The fraction of sp³-hybridized carbons (Fsp3) is 0.0909. The minimum absolute atomic E-state index is 0.186. The van der Waals surface area contributed by atoms with Crippen LogP contribution in [-0.2, 0) is 4.79 Å². The largest absolute Gasteiger partial charge is 0.484 e. The van der Waals surface area contributed by atoms with E-state index in [9.17, 15) is 9.59 Å². The van der Waals surface area contributed by atoms with Crippen LogP contribution in [0.3, 0.4) is 0 Å². The second-order valence-corrected chi connectivity index (χ2v) is 7.07. The van der Waals surface area contributed by atoms with Crippen molar-refractivity contribution >= 4 is 46.4 Å². The number of anilines is 2. The molecule has 29 heavy (non-hydrogen) atoms. The third-order valence-corrected chi connectivity index (χ3v) is 4.82. The van der Waals surface area contributed by atoms with Crippen LogP contribution in [0.1, 0.15) is 15.9 Å². The fourth-order valence-electron chi connectivity index (χ4n) is 2.53. The molecule has 0 bridgehead atoms. The predicted octanol–water partition coefficient (Wildman–Crippen LogP) is 5.57. The number of nitrogens with one attached hydrogen (secondary N) is 2. The Labute approximate surface area is 178 Å². The van der Waals surface area contributed by atoms with Gasteiger partial charge in [0.05, 0.1) is 10.0 Å². The molecule has 5 nitrogen and oxygen atoms in total. The number of carbonyl (C=O) groups is 2. The molecule has 0 unspecified atom stereocenters. The topological polar surface area (TPSA) is 67.4 Å². The average Bonchev–Trinajstić information content (AvgIpc) is 2.71. The maximum atomic E-state index is 12.4. The van der Waals surface area contributed by atoms with Gasteiger partial charge in [-0.3, -0.25) is 9.59 Å². The third-order valence-electron chi connectivity index (χ3n) is 4.08. The summed E-state index contributed by atoms with van der Waals surface area (Å²) < 4.78 is 5.46. The number of halogens is 2. The van der Waals surface area contributed by atoms with Gasteiger partial charge in [-0.05, 0) is 61.0 Å². The van der Waals surface area contributed by atoms with Crippen molar-refractivity contribution in [3.8, 4) is 5.75 Å². The Balaban J connectivity index is 1.53. The van der Waals surface area contributed by atoms with Crippen molar-refractivity contribution in [2.75, 3.05) is 17.2 Å². The molecule has 3 aromatic rings. The first-order chi connectivity index (χ1) is 13.9. The minimum atomic E-state index is -0.343. The summed E-state index contributed by atoms with van der Waals surface area (Å²) in [7, 11) is 0. The smallest absolute Gasteiger partial charge is 0.262 e. The lowest BCUT2D eigenvalue weighted by molar-refractivity contribution is -0.118. The lowest BCUT2D eigenvalue weighted by atomic mass is 10.1. The maximum Gasteiger partial charge on any atom is 0.262 e. The molecule has 3 rings (SSSR count). The summed E-state index contributed by atoms with van der Waals surface area (Å²) in [6.07, 6.45) is 0. The molecule has 0 radical (unpaired) electrons. The highest BCUT2D eigenvalue weighted by Gasteiger charge is 2.09. The van der Waals surface area contributed by atoms with E-state index >= 15 is 0 Å². The molecule has 0 aliphatic carbocycles. The van der Waals surface area contributed by atoms with E-state index in [2.05, 4.69) is 10.6 Å². The lowest BCUT2D eigenvalue weighted by Crippen LogP contribution is -2.20. The van der Waals surface area contributed by atoms with Crippen LogP contribution in [0.2, 0.25) is 10.0 Å². The second-order valence-electron chi connectivity index (χ2n) is 6.26.